The summed E-state index contributed by atoms with van der Waals surface area (Å²) < 4.78 is 5.06. The highest BCUT2D eigenvalue weighted by atomic mass is 32.1. The van der Waals surface area contributed by atoms with Gasteiger partial charge in [-0.05, 0) is 19.8 Å². The van der Waals surface area contributed by atoms with Crippen molar-refractivity contribution >= 4 is 23.1 Å². The number of hydrogen-bond donors (Lipinski definition) is 0. The minimum Gasteiger partial charge on any atom is -0.453 e. The lowest BCUT2D eigenvalue weighted by atomic mass is 9.86. The van der Waals surface area contributed by atoms with E-state index in [-0.39, 0.29) is 18.3 Å². The fourth-order valence-corrected chi connectivity index (χ4v) is 2.94. The number of thiazole rings is 1. The second-order valence-electron chi connectivity index (χ2n) is 4.64. The van der Waals surface area contributed by atoms with E-state index >= 15 is 0 Å². The van der Waals surface area contributed by atoms with Crippen molar-refractivity contribution < 1.29 is 14.3 Å². The maximum Gasteiger partial charge on any atom is 0.350 e. The molecule has 0 atom stereocenters. The lowest BCUT2D eigenvalue weighted by molar-refractivity contribution is -0.126. The highest BCUT2D eigenvalue weighted by molar-refractivity contribution is 7.11. The molecule has 0 bridgehead atoms. The third-order valence-corrected chi connectivity index (χ3v) is 4.25. The van der Waals surface area contributed by atoms with E-state index in [0.717, 1.165) is 25.7 Å². The Hall–Kier alpha value is -1.23. The first kappa shape index (κ1) is 13.2. The zero-order chi connectivity index (χ0) is 13.0. The fourth-order valence-electron chi connectivity index (χ4n) is 2.24. The van der Waals surface area contributed by atoms with Crippen molar-refractivity contribution in [2.24, 2.45) is 5.92 Å². The van der Waals surface area contributed by atoms with Crippen molar-refractivity contribution in [1.82, 2.24) is 4.98 Å². The number of ether oxygens (including phenoxy) is 1. The number of nitrogens with zero attached hydrogens (tertiary/aromatic N) is 1. The van der Waals surface area contributed by atoms with E-state index in [1.807, 2.05) is 0 Å². The van der Waals surface area contributed by atoms with E-state index in [1.54, 1.807) is 12.4 Å². The van der Waals surface area contributed by atoms with Crippen molar-refractivity contribution in [3.05, 3.63) is 16.1 Å². The average molecular weight is 267 g/mol. The van der Waals surface area contributed by atoms with Gasteiger partial charge in [0.25, 0.3) is 0 Å². The molecule has 1 aliphatic carbocycles. The van der Waals surface area contributed by atoms with E-state index in [1.165, 1.54) is 17.8 Å². The molecule has 0 amide bonds. The third kappa shape index (κ3) is 3.16. The largest absolute Gasteiger partial charge is 0.453 e. The van der Waals surface area contributed by atoms with Gasteiger partial charge in [-0.1, -0.05) is 19.3 Å². The summed E-state index contributed by atoms with van der Waals surface area (Å²) in [5, 5.41) is 0. The lowest BCUT2D eigenvalue weighted by Gasteiger charge is -2.19. The van der Waals surface area contributed by atoms with Gasteiger partial charge in [-0.2, -0.15) is 0 Å². The van der Waals surface area contributed by atoms with Crippen LogP contribution in [0.4, 0.5) is 0 Å². The second-order valence-corrected chi connectivity index (χ2v) is 5.50. The van der Waals surface area contributed by atoms with Gasteiger partial charge < -0.3 is 4.74 Å². The van der Waals surface area contributed by atoms with E-state index in [4.69, 9.17) is 4.74 Å². The summed E-state index contributed by atoms with van der Waals surface area (Å²) in [6.45, 7) is 1.66. The first-order valence-corrected chi connectivity index (χ1v) is 7.16. The molecule has 1 saturated carbocycles. The van der Waals surface area contributed by atoms with E-state index in [9.17, 15) is 9.59 Å². The first-order chi connectivity index (χ1) is 8.68. The van der Waals surface area contributed by atoms with Crippen LogP contribution in [0.15, 0.2) is 5.51 Å². The molecule has 0 radical (unpaired) electrons. The molecule has 18 heavy (non-hydrogen) atoms. The Morgan fingerprint density at radius 2 is 2.11 bits per heavy atom. The van der Waals surface area contributed by atoms with Gasteiger partial charge in [0.2, 0.25) is 0 Å². The average Bonchev–Trinajstić information content (AvgIpc) is 2.83. The molecule has 1 aromatic rings. The van der Waals surface area contributed by atoms with Gasteiger partial charge in [-0.25, -0.2) is 9.78 Å². The summed E-state index contributed by atoms with van der Waals surface area (Å²) in [6, 6.07) is 0. The smallest absolute Gasteiger partial charge is 0.350 e. The Kier molecular flexibility index (Phi) is 4.47. The van der Waals surface area contributed by atoms with Crippen molar-refractivity contribution in [2.45, 2.75) is 39.0 Å². The number of hydrogen-bond acceptors (Lipinski definition) is 5. The van der Waals surface area contributed by atoms with Gasteiger partial charge in [0.1, 0.15) is 4.88 Å². The zero-order valence-electron chi connectivity index (χ0n) is 10.5. The summed E-state index contributed by atoms with van der Waals surface area (Å²) in [4.78, 5) is 28.1. The first-order valence-electron chi connectivity index (χ1n) is 6.28. The van der Waals surface area contributed by atoms with Crippen molar-refractivity contribution in [2.75, 3.05) is 6.61 Å². The standard InChI is InChI=1S/C13H17NO3S/c1-9-12(18-8-14-9)13(16)17-7-11(15)10-5-3-2-4-6-10/h8,10H,2-7H2,1H3. The number of aromatic nitrogens is 1. The molecule has 1 fully saturated rings. The number of carbonyl (C=O) groups is 2. The molecule has 1 heterocycles. The van der Waals surface area contributed by atoms with Gasteiger partial charge in [0.05, 0.1) is 11.2 Å². The normalized spacial score (nSPS) is 16.5. The van der Waals surface area contributed by atoms with Gasteiger partial charge in [-0.3, -0.25) is 4.79 Å². The lowest BCUT2D eigenvalue weighted by Crippen LogP contribution is -2.23. The predicted octanol–water partition coefficient (Wildman–Crippen LogP) is 2.76. The Balaban J connectivity index is 1.82. The number of ketones is 1. The monoisotopic (exact) mass is 267 g/mol. The Morgan fingerprint density at radius 1 is 1.39 bits per heavy atom. The van der Waals surface area contributed by atoms with E-state index < -0.39 is 5.97 Å². The van der Waals surface area contributed by atoms with Crippen LogP contribution >= 0.6 is 11.3 Å². The Morgan fingerprint density at radius 3 is 2.72 bits per heavy atom. The molecular weight excluding hydrogens is 250 g/mol. The van der Waals surface area contributed by atoms with Crippen molar-refractivity contribution in [3.8, 4) is 0 Å². The second kappa shape index (κ2) is 6.09. The molecule has 1 aromatic heterocycles. The topological polar surface area (TPSA) is 56.3 Å². The van der Waals surface area contributed by atoms with Crippen molar-refractivity contribution in [3.63, 3.8) is 0 Å². The summed E-state index contributed by atoms with van der Waals surface area (Å²) in [5.41, 5.74) is 2.27. The SMILES string of the molecule is Cc1ncsc1C(=O)OCC(=O)C1CCCCC1. The molecular formula is C13H17NO3S. The molecule has 5 heteroatoms. The number of rotatable bonds is 4. The van der Waals surface area contributed by atoms with Crippen LogP contribution < -0.4 is 0 Å². The van der Waals surface area contributed by atoms with Crippen LogP contribution in [0, 0.1) is 12.8 Å². The number of Topliss-reactive ketones (excluding diaryl/α,β-unsaturated/α-hetero) is 1. The van der Waals surface area contributed by atoms with Crippen LogP contribution in [-0.4, -0.2) is 23.3 Å². The number of esters is 1. The molecule has 0 saturated heterocycles. The van der Waals surface area contributed by atoms with Crippen LogP contribution in [0.3, 0.4) is 0 Å². The van der Waals surface area contributed by atoms with Gasteiger partial charge >= 0.3 is 5.97 Å². The molecule has 0 aliphatic heterocycles. The highest BCUT2D eigenvalue weighted by Crippen LogP contribution is 2.24. The molecule has 0 unspecified atom stereocenters. The molecule has 4 nitrogen and oxygen atoms in total. The predicted molar refractivity (Wildman–Crippen MR) is 68.7 cm³/mol. The highest BCUT2D eigenvalue weighted by Gasteiger charge is 2.23. The maximum atomic E-state index is 11.9. The minimum absolute atomic E-state index is 0.0604. The van der Waals surface area contributed by atoms with Crippen LogP contribution in [0.5, 0.6) is 0 Å². The summed E-state index contributed by atoms with van der Waals surface area (Å²) in [6.07, 6.45) is 5.31. The van der Waals surface area contributed by atoms with Gasteiger partial charge in [0, 0.05) is 5.92 Å². The summed E-state index contributed by atoms with van der Waals surface area (Å²) in [5.74, 6) is -0.279. The molecule has 1 aliphatic rings. The fraction of sp³-hybridized carbons (Fsp3) is 0.615. The van der Waals surface area contributed by atoms with Gasteiger partial charge in [-0.15, -0.1) is 11.3 Å². The quantitative estimate of drug-likeness (QED) is 0.787. The van der Waals surface area contributed by atoms with Crippen LogP contribution in [0.25, 0.3) is 0 Å². The molecule has 0 N–H and O–H groups in total. The third-order valence-electron chi connectivity index (χ3n) is 3.34. The van der Waals surface area contributed by atoms with E-state index in [2.05, 4.69) is 4.98 Å². The van der Waals surface area contributed by atoms with E-state index in [0.29, 0.717) is 10.6 Å². The Bertz CT molecular complexity index is 435. The molecule has 0 spiro atoms. The van der Waals surface area contributed by atoms with Gasteiger partial charge in [0.15, 0.2) is 12.4 Å². The van der Waals surface area contributed by atoms with Crippen molar-refractivity contribution in [1.29, 1.82) is 0 Å². The van der Waals surface area contributed by atoms with Crippen LogP contribution in [-0.2, 0) is 9.53 Å². The molecule has 2 rings (SSSR count). The summed E-state index contributed by atoms with van der Waals surface area (Å²) in [7, 11) is 0. The molecule has 0 aromatic carbocycles. The Labute approximate surface area is 110 Å². The number of aryl methyl sites for hydroxylation is 1. The van der Waals surface area contributed by atoms with Crippen LogP contribution in [0.1, 0.15) is 47.5 Å². The minimum atomic E-state index is -0.431. The zero-order valence-corrected chi connectivity index (χ0v) is 11.3. The van der Waals surface area contributed by atoms with Crippen LogP contribution in [0.2, 0.25) is 0 Å². The summed E-state index contributed by atoms with van der Waals surface area (Å²) >= 11 is 1.25. The number of carbonyl (C=O) groups excluding carboxylic acids is 2. The maximum absolute atomic E-state index is 11.9. The molecule has 98 valence electrons.